The Morgan fingerprint density at radius 1 is 0.914 bits per heavy atom. The van der Waals surface area contributed by atoms with E-state index in [9.17, 15) is 26.4 Å². The van der Waals surface area contributed by atoms with Gasteiger partial charge < -0.3 is 15.6 Å². The number of halogens is 3. The maximum atomic E-state index is 13.7. The van der Waals surface area contributed by atoms with Gasteiger partial charge in [0.1, 0.15) is 5.69 Å². The lowest BCUT2D eigenvalue weighted by molar-refractivity contribution is -0.137. The Kier molecular flexibility index (Phi) is 6.20. The van der Waals surface area contributed by atoms with E-state index in [4.69, 9.17) is 0 Å². The fraction of sp³-hybridized carbons (Fsp3) is 0.125. The minimum Gasteiger partial charge on any atom is -0.388 e. The van der Waals surface area contributed by atoms with Crippen LogP contribution in [-0.2, 0) is 16.2 Å². The van der Waals surface area contributed by atoms with Crippen LogP contribution in [0, 0.1) is 0 Å². The molecule has 4 rings (SSSR count). The lowest BCUT2D eigenvalue weighted by Crippen LogP contribution is -2.12. The van der Waals surface area contributed by atoms with Crippen LogP contribution in [0.15, 0.2) is 66.7 Å². The van der Waals surface area contributed by atoms with Crippen LogP contribution >= 0.6 is 0 Å². The first-order chi connectivity index (χ1) is 16.4. The molecule has 0 unspecified atom stereocenters. The van der Waals surface area contributed by atoms with Gasteiger partial charge in [-0.05, 0) is 53.6 Å². The standard InChI is InChI=1S/C24H21F3N4O3S/c1-28-16-8-9-19(20(12-16)24(25,26)27)14-4-3-5-17(10-14)29-23(32)22-11-15-6-7-18(13-21(15)30-22)31-35(2,33)34/h3-13,28,30-31H,1-2H3,(H,29,32). The second-order valence-corrected chi connectivity index (χ2v) is 9.65. The van der Waals surface area contributed by atoms with E-state index in [-0.39, 0.29) is 11.3 Å². The number of fused-ring (bicyclic) bond motifs is 1. The number of rotatable bonds is 6. The molecule has 1 heterocycles. The summed E-state index contributed by atoms with van der Waals surface area (Å²) in [5.41, 5.74) is 1.23. The van der Waals surface area contributed by atoms with E-state index in [1.807, 2.05) is 0 Å². The summed E-state index contributed by atoms with van der Waals surface area (Å²) < 4.78 is 66.2. The molecule has 4 aromatic rings. The first-order valence-electron chi connectivity index (χ1n) is 10.3. The molecule has 35 heavy (non-hydrogen) atoms. The van der Waals surface area contributed by atoms with Crippen molar-refractivity contribution in [3.8, 4) is 11.1 Å². The third kappa shape index (κ3) is 5.57. The van der Waals surface area contributed by atoms with Crippen LogP contribution in [0.2, 0.25) is 0 Å². The molecule has 1 aromatic heterocycles. The van der Waals surface area contributed by atoms with Gasteiger partial charge in [-0.3, -0.25) is 9.52 Å². The van der Waals surface area contributed by atoms with Crippen molar-refractivity contribution < 1.29 is 26.4 Å². The Morgan fingerprint density at radius 3 is 2.34 bits per heavy atom. The lowest BCUT2D eigenvalue weighted by atomic mass is 9.98. The zero-order valence-corrected chi connectivity index (χ0v) is 19.4. The highest BCUT2D eigenvalue weighted by molar-refractivity contribution is 7.92. The summed E-state index contributed by atoms with van der Waals surface area (Å²) >= 11 is 0. The lowest BCUT2D eigenvalue weighted by Gasteiger charge is -2.15. The van der Waals surface area contributed by atoms with E-state index in [0.29, 0.717) is 33.5 Å². The SMILES string of the molecule is CNc1ccc(-c2cccc(NC(=O)c3cc4ccc(NS(C)(=O)=O)cc4[nH]3)c2)c(C(F)(F)F)c1. The van der Waals surface area contributed by atoms with Crippen LogP contribution in [0.4, 0.5) is 30.2 Å². The number of carbonyl (C=O) groups excluding carboxylic acids is 1. The van der Waals surface area contributed by atoms with E-state index in [1.165, 1.54) is 12.1 Å². The van der Waals surface area contributed by atoms with Crippen LogP contribution in [0.25, 0.3) is 22.0 Å². The topological polar surface area (TPSA) is 103 Å². The number of aromatic nitrogens is 1. The van der Waals surface area contributed by atoms with Gasteiger partial charge in [-0.1, -0.05) is 24.3 Å². The molecule has 0 atom stereocenters. The quantitative estimate of drug-likeness (QED) is 0.279. The first kappa shape index (κ1) is 24.1. The summed E-state index contributed by atoms with van der Waals surface area (Å²) in [5.74, 6) is -0.502. The van der Waals surface area contributed by atoms with Crippen molar-refractivity contribution in [3.05, 3.63) is 78.0 Å². The molecule has 0 radical (unpaired) electrons. The molecule has 0 fully saturated rings. The molecule has 11 heteroatoms. The predicted molar refractivity (Wildman–Crippen MR) is 131 cm³/mol. The first-order valence-corrected chi connectivity index (χ1v) is 12.2. The van der Waals surface area contributed by atoms with Crippen molar-refractivity contribution in [1.29, 1.82) is 0 Å². The molecule has 0 spiro atoms. The zero-order valence-electron chi connectivity index (χ0n) is 18.6. The highest BCUT2D eigenvalue weighted by Crippen LogP contribution is 2.39. The van der Waals surface area contributed by atoms with E-state index in [2.05, 4.69) is 20.3 Å². The number of benzene rings is 3. The summed E-state index contributed by atoms with van der Waals surface area (Å²) in [6, 6.07) is 16.5. The minimum atomic E-state index is -4.56. The second kappa shape index (κ2) is 8.99. The molecule has 182 valence electrons. The van der Waals surface area contributed by atoms with E-state index < -0.39 is 27.7 Å². The van der Waals surface area contributed by atoms with Gasteiger partial charge in [0.15, 0.2) is 0 Å². The summed E-state index contributed by atoms with van der Waals surface area (Å²) in [6.07, 6.45) is -3.53. The van der Waals surface area contributed by atoms with E-state index in [1.54, 1.807) is 55.6 Å². The predicted octanol–water partition coefficient (Wildman–Crippen LogP) is 5.52. The largest absolute Gasteiger partial charge is 0.417 e. The number of alkyl halides is 3. The third-order valence-electron chi connectivity index (χ3n) is 5.22. The number of aromatic amines is 1. The van der Waals surface area contributed by atoms with Crippen LogP contribution < -0.4 is 15.4 Å². The average Bonchev–Trinajstić information content (AvgIpc) is 3.21. The number of H-pyrrole nitrogens is 1. The Balaban J connectivity index is 1.61. The molecule has 3 aromatic carbocycles. The third-order valence-corrected chi connectivity index (χ3v) is 5.82. The second-order valence-electron chi connectivity index (χ2n) is 7.90. The van der Waals surface area contributed by atoms with Gasteiger partial charge in [-0.25, -0.2) is 8.42 Å². The number of amides is 1. The molecule has 0 saturated carbocycles. The highest BCUT2D eigenvalue weighted by atomic mass is 32.2. The molecule has 0 aliphatic heterocycles. The Labute approximate surface area is 199 Å². The normalized spacial score (nSPS) is 11.9. The van der Waals surface area contributed by atoms with Crippen LogP contribution in [0.1, 0.15) is 16.1 Å². The number of hydrogen-bond donors (Lipinski definition) is 4. The molecule has 0 aliphatic rings. The van der Waals surface area contributed by atoms with Gasteiger partial charge in [0.2, 0.25) is 10.0 Å². The van der Waals surface area contributed by atoms with E-state index >= 15 is 0 Å². The molecule has 0 aliphatic carbocycles. The molecule has 4 N–H and O–H groups in total. The van der Waals surface area contributed by atoms with Crippen molar-refractivity contribution in [3.63, 3.8) is 0 Å². The van der Waals surface area contributed by atoms with Crippen LogP contribution in [-0.4, -0.2) is 32.6 Å². The van der Waals surface area contributed by atoms with Crippen molar-refractivity contribution >= 4 is 43.9 Å². The van der Waals surface area contributed by atoms with Crippen molar-refractivity contribution in [2.24, 2.45) is 0 Å². The Bertz CT molecular complexity index is 1530. The summed E-state index contributed by atoms with van der Waals surface area (Å²) in [5, 5.41) is 6.08. The summed E-state index contributed by atoms with van der Waals surface area (Å²) in [6.45, 7) is 0. The monoisotopic (exact) mass is 502 g/mol. The van der Waals surface area contributed by atoms with Crippen molar-refractivity contribution in [2.45, 2.75) is 6.18 Å². The van der Waals surface area contributed by atoms with Crippen LogP contribution in [0.5, 0.6) is 0 Å². The smallest absolute Gasteiger partial charge is 0.388 e. The van der Waals surface area contributed by atoms with Crippen molar-refractivity contribution in [1.82, 2.24) is 4.98 Å². The maximum absolute atomic E-state index is 13.7. The number of carbonyl (C=O) groups is 1. The van der Waals surface area contributed by atoms with Gasteiger partial charge in [-0.15, -0.1) is 0 Å². The summed E-state index contributed by atoms with van der Waals surface area (Å²) in [7, 11) is -1.92. The molecule has 7 nitrogen and oxygen atoms in total. The van der Waals surface area contributed by atoms with Crippen LogP contribution in [0.3, 0.4) is 0 Å². The Morgan fingerprint density at radius 2 is 1.66 bits per heavy atom. The molecule has 1 amide bonds. The fourth-order valence-electron chi connectivity index (χ4n) is 3.68. The highest BCUT2D eigenvalue weighted by Gasteiger charge is 2.34. The fourth-order valence-corrected chi connectivity index (χ4v) is 4.23. The van der Waals surface area contributed by atoms with Gasteiger partial charge in [0.05, 0.1) is 17.5 Å². The van der Waals surface area contributed by atoms with Gasteiger partial charge in [0.25, 0.3) is 5.91 Å². The zero-order chi connectivity index (χ0) is 25.4. The van der Waals surface area contributed by atoms with Gasteiger partial charge in [-0.2, -0.15) is 13.2 Å². The molecule has 0 saturated heterocycles. The van der Waals surface area contributed by atoms with E-state index in [0.717, 1.165) is 12.3 Å². The molecule has 0 bridgehead atoms. The van der Waals surface area contributed by atoms with Crippen molar-refractivity contribution in [2.75, 3.05) is 28.7 Å². The number of hydrogen-bond acceptors (Lipinski definition) is 4. The molecular formula is C24H21F3N4O3S. The van der Waals surface area contributed by atoms with Gasteiger partial charge in [0, 0.05) is 29.3 Å². The number of nitrogens with one attached hydrogen (secondary N) is 4. The average molecular weight is 503 g/mol. The Hall–Kier alpha value is -3.99. The molecular weight excluding hydrogens is 481 g/mol. The number of sulfonamides is 1. The van der Waals surface area contributed by atoms with Gasteiger partial charge >= 0.3 is 6.18 Å². The number of anilines is 3. The summed E-state index contributed by atoms with van der Waals surface area (Å²) in [4.78, 5) is 15.7. The maximum Gasteiger partial charge on any atom is 0.417 e. The minimum absolute atomic E-state index is 0.0101.